The van der Waals surface area contributed by atoms with Gasteiger partial charge in [0.25, 0.3) is 0 Å². The van der Waals surface area contributed by atoms with Crippen LogP contribution in [0.4, 0.5) is 9.18 Å². The molecule has 5 rings (SSSR count). The maximum Gasteiger partial charge on any atom is 0.326 e. The Bertz CT molecular complexity index is 1310. The zero-order chi connectivity index (χ0) is 24.7. The molecule has 0 unspecified atom stereocenters. The molecule has 10 heteroatoms. The number of morpholine rings is 1. The lowest BCUT2D eigenvalue weighted by Gasteiger charge is -2.31. The van der Waals surface area contributed by atoms with Gasteiger partial charge in [-0.2, -0.15) is 0 Å². The predicted molar refractivity (Wildman–Crippen MR) is 134 cm³/mol. The standard InChI is InChI=1S/C25H26ClFN4O3S/c1-14-9-15(26)10-19(18(14)11-16-12-28-6-8-34-16)17-3-5-29-23-22(27)20(35-24(17)23)13-31-21(32)4-7-30(2)25(31)33/h3,5,9-10,16,28H,4,6-8,11-13H2,1-2H3/t16-/m1/s1. The van der Waals surface area contributed by atoms with Crippen LogP contribution in [-0.2, 0) is 22.5 Å². The number of pyridine rings is 1. The van der Waals surface area contributed by atoms with E-state index < -0.39 is 11.8 Å². The number of aromatic nitrogens is 1. The van der Waals surface area contributed by atoms with E-state index in [1.165, 1.54) is 16.2 Å². The van der Waals surface area contributed by atoms with Gasteiger partial charge >= 0.3 is 6.03 Å². The number of nitrogens with one attached hydrogen (secondary N) is 1. The Hall–Kier alpha value is -2.59. The molecule has 2 saturated heterocycles. The number of aryl methyl sites for hydroxylation is 1. The van der Waals surface area contributed by atoms with E-state index in [0.717, 1.165) is 40.2 Å². The molecule has 2 aromatic heterocycles. The van der Waals surface area contributed by atoms with E-state index in [-0.39, 0.29) is 30.5 Å². The maximum absolute atomic E-state index is 15.5. The molecular weight excluding hydrogens is 491 g/mol. The topological polar surface area (TPSA) is 74.8 Å². The normalized spacial score (nSPS) is 19.1. The maximum atomic E-state index is 15.5. The first-order valence-electron chi connectivity index (χ1n) is 11.6. The van der Waals surface area contributed by atoms with E-state index >= 15 is 4.39 Å². The minimum absolute atomic E-state index is 0.0310. The molecular formula is C25H26ClFN4O3S. The van der Waals surface area contributed by atoms with Gasteiger partial charge in [0.1, 0.15) is 5.52 Å². The van der Waals surface area contributed by atoms with Crippen molar-refractivity contribution in [2.75, 3.05) is 33.3 Å². The fraction of sp³-hybridized carbons (Fsp3) is 0.400. The van der Waals surface area contributed by atoms with Crippen LogP contribution in [0.1, 0.15) is 22.4 Å². The number of halogens is 2. The number of amides is 3. The SMILES string of the molecule is Cc1cc(Cl)cc(-c2ccnc3c(F)c(CN4C(=O)CCN(C)C4=O)sc23)c1C[C@@H]1CNCCO1. The highest BCUT2D eigenvalue weighted by atomic mass is 35.5. The number of urea groups is 1. The second-order valence-corrected chi connectivity index (χ2v) is 10.5. The molecule has 0 spiro atoms. The van der Waals surface area contributed by atoms with Crippen molar-refractivity contribution in [3.05, 3.63) is 51.2 Å². The number of thiophene rings is 1. The molecule has 2 aliphatic heterocycles. The Morgan fingerprint density at radius 3 is 2.91 bits per heavy atom. The number of imide groups is 1. The van der Waals surface area contributed by atoms with Crippen LogP contribution < -0.4 is 5.32 Å². The summed E-state index contributed by atoms with van der Waals surface area (Å²) in [5.74, 6) is -0.798. The molecule has 1 atom stereocenters. The van der Waals surface area contributed by atoms with Crippen molar-refractivity contribution in [3.8, 4) is 11.1 Å². The highest BCUT2D eigenvalue weighted by molar-refractivity contribution is 7.19. The summed E-state index contributed by atoms with van der Waals surface area (Å²) >= 11 is 7.68. The van der Waals surface area contributed by atoms with Crippen LogP contribution >= 0.6 is 22.9 Å². The Kier molecular flexibility index (Phi) is 6.76. The first-order valence-corrected chi connectivity index (χ1v) is 12.8. The Morgan fingerprint density at radius 2 is 2.14 bits per heavy atom. The minimum Gasteiger partial charge on any atom is -0.375 e. The van der Waals surface area contributed by atoms with Crippen molar-refractivity contribution in [3.63, 3.8) is 0 Å². The largest absolute Gasteiger partial charge is 0.375 e. The molecule has 2 aliphatic rings. The summed E-state index contributed by atoms with van der Waals surface area (Å²) in [6.45, 7) is 4.53. The second kappa shape index (κ2) is 9.81. The quantitative estimate of drug-likeness (QED) is 0.545. The van der Waals surface area contributed by atoms with Crippen LogP contribution in [0.5, 0.6) is 0 Å². The predicted octanol–water partition coefficient (Wildman–Crippen LogP) is 4.38. The lowest BCUT2D eigenvalue weighted by Crippen LogP contribution is -2.50. The van der Waals surface area contributed by atoms with Crippen molar-refractivity contribution in [1.82, 2.24) is 20.1 Å². The first kappa shape index (κ1) is 24.1. The van der Waals surface area contributed by atoms with Gasteiger partial charge in [0.2, 0.25) is 5.91 Å². The molecule has 4 heterocycles. The molecule has 3 aromatic rings. The molecule has 184 valence electrons. The van der Waals surface area contributed by atoms with Crippen molar-refractivity contribution in [2.45, 2.75) is 32.4 Å². The van der Waals surface area contributed by atoms with Gasteiger partial charge in [0, 0.05) is 56.3 Å². The Morgan fingerprint density at radius 1 is 1.31 bits per heavy atom. The average molecular weight is 517 g/mol. The van der Waals surface area contributed by atoms with Gasteiger partial charge in [-0.1, -0.05) is 11.6 Å². The summed E-state index contributed by atoms with van der Waals surface area (Å²) in [5.41, 5.74) is 4.09. The summed E-state index contributed by atoms with van der Waals surface area (Å²) in [6, 6.07) is 5.28. The van der Waals surface area contributed by atoms with Crippen LogP contribution in [0, 0.1) is 12.7 Å². The van der Waals surface area contributed by atoms with Crippen LogP contribution in [0.2, 0.25) is 5.02 Å². The number of rotatable bonds is 5. The van der Waals surface area contributed by atoms with Gasteiger partial charge in [-0.05, 0) is 41.8 Å². The van der Waals surface area contributed by atoms with E-state index in [2.05, 4.69) is 10.3 Å². The number of carbonyl (C=O) groups excluding carboxylic acids is 2. The summed E-state index contributed by atoms with van der Waals surface area (Å²) in [7, 11) is 1.64. The van der Waals surface area contributed by atoms with Gasteiger partial charge in [-0.25, -0.2) is 9.18 Å². The van der Waals surface area contributed by atoms with Crippen LogP contribution in [-0.4, -0.2) is 66.1 Å². The molecule has 1 aromatic carbocycles. The second-order valence-electron chi connectivity index (χ2n) is 8.96. The van der Waals surface area contributed by atoms with Gasteiger partial charge in [0.15, 0.2) is 5.82 Å². The Balaban J connectivity index is 1.57. The van der Waals surface area contributed by atoms with Crippen LogP contribution in [0.3, 0.4) is 0 Å². The lowest BCUT2D eigenvalue weighted by atomic mass is 9.92. The summed E-state index contributed by atoms with van der Waals surface area (Å²) in [4.78, 5) is 32.1. The third kappa shape index (κ3) is 4.65. The first-order chi connectivity index (χ1) is 16.8. The van der Waals surface area contributed by atoms with E-state index in [1.54, 1.807) is 13.2 Å². The lowest BCUT2D eigenvalue weighted by molar-refractivity contribution is -0.131. The number of ether oxygens (including phenoxy) is 1. The number of benzene rings is 1. The van der Waals surface area contributed by atoms with Gasteiger partial charge < -0.3 is 15.0 Å². The minimum atomic E-state index is -0.499. The van der Waals surface area contributed by atoms with Crippen molar-refractivity contribution in [1.29, 1.82) is 0 Å². The summed E-state index contributed by atoms with van der Waals surface area (Å²) in [6.07, 6.45) is 2.53. The van der Waals surface area contributed by atoms with Gasteiger partial charge in [-0.15, -0.1) is 11.3 Å². The van der Waals surface area contributed by atoms with Crippen LogP contribution in [0.15, 0.2) is 24.4 Å². The average Bonchev–Trinajstić information content (AvgIpc) is 3.17. The van der Waals surface area contributed by atoms with Gasteiger partial charge in [0.05, 0.1) is 28.8 Å². The number of hydrogen-bond acceptors (Lipinski definition) is 6. The molecule has 1 N–H and O–H groups in total. The van der Waals surface area contributed by atoms with Crippen LogP contribution in [0.25, 0.3) is 21.3 Å². The number of hydrogen-bond donors (Lipinski definition) is 1. The highest BCUT2D eigenvalue weighted by Crippen LogP contribution is 2.40. The zero-order valence-electron chi connectivity index (χ0n) is 19.6. The van der Waals surface area contributed by atoms with Crippen molar-refractivity contribution < 1.29 is 18.7 Å². The molecule has 0 aliphatic carbocycles. The summed E-state index contributed by atoms with van der Waals surface area (Å²) < 4.78 is 22.1. The van der Waals surface area contributed by atoms with E-state index in [9.17, 15) is 9.59 Å². The molecule has 35 heavy (non-hydrogen) atoms. The van der Waals surface area contributed by atoms with Crippen molar-refractivity contribution >= 4 is 45.1 Å². The molecule has 3 amide bonds. The highest BCUT2D eigenvalue weighted by Gasteiger charge is 2.32. The third-order valence-corrected chi connectivity index (χ3v) is 7.96. The zero-order valence-corrected chi connectivity index (χ0v) is 21.1. The fourth-order valence-electron chi connectivity index (χ4n) is 4.69. The molecule has 2 fully saturated rings. The molecule has 7 nitrogen and oxygen atoms in total. The number of carbonyl (C=O) groups is 2. The third-order valence-electron chi connectivity index (χ3n) is 6.57. The van der Waals surface area contributed by atoms with E-state index in [1.807, 2.05) is 25.1 Å². The number of nitrogens with zero attached hydrogens (tertiary/aromatic N) is 3. The Labute approximate surface area is 211 Å². The monoisotopic (exact) mass is 516 g/mol. The summed E-state index contributed by atoms with van der Waals surface area (Å²) in [5, 5.41) is 3.96. The molecule has 0 radical (unpaired) electrons. The smallest absolute Gasteiger partial charge is 0.326 e. The molecule has 0 saturated carbocycles. The van der Waals surface area contributed by atoms with Crippen molar-refractivity contribution in [2.24, 2.45) is 0 Å². The van der Waals surface area contributed by atoms with Gasteiger partial charge in [-0.3, -0.25) is 14.7 Å². The number of fused-ring (bicyclic) bond motifs is 1. The fourth-order valence-corrected chi connectivity index (χ4v) is 6.12. The van der Waals surface area contributed by atoms with E-state index in [0.29, 0.717) is 34.2 Å². The molecule has 0 bridgehead atoms. The van der Waals surface area contributed by atoms with E-state index in [4.69, 9.17) is 16.3 Å².